The van der Waals surface area contributed by atoms with Gasteiger partial charge in [-0.05, 0) is 55.9 Å². The van der Waals surface area contributed by atoms with Crippen LogP contribution in [-0.2, 0) is 16.0 Å². The highest BCUT2D eigenvalue weighted by atomic mass is 19.1. The van der Waals surface area contributed by atoms with Crippen LogP contribution in [0.25, 0.3) is 16.8 Å². The number of pyridine rings is 1. The van der Waals surface area contributed by atoms with E-state index in [4.69, 9.17) is 4.74 Å². The van der Waals surface area contributed by atoms with Crippen LogP contribution in [-0.4, -0.2) is 51.7 Å². The Bertz CT molecular complexity index is 1080. The molecule has 5 rings (SSSR count). The van der Waals surface area contributed by atoms with Gasteiger partial charge in [-0.3, -0.25) is 4.79 Å². The van der Waals surface area contributed by atoms with Crippen LogP contribution in [0, 0.1) is 6.92 Å². The Balaban J connectivity index is 1.24. The maximum Gasteiger partial charge on any atom is 0.251 e. The van der Waals surface area contributed by atoms with E-state index in [1.165, 1.54) is 0 Å². The number of rotatable bonds is 4. The Morgan fingerprint density at radius 3 is 2.68 bits per heavy atom. The van der Waals surface area contributed by atoms with Crippen LogP contribution < -0.4 is 0 Å². The SMILES string of the molecule is Cc1c(-c2ccc(CC3(F)CCN(C(=O)C4CCCO4)CC3)cc2)ccc2nccn12. The third-order valence-electron chi connectivity index (χ3n) is 6.78. The Morgan fingerprint density at radius 1 is 1.19 bits per heavy atom. The van der Waals surface area contributed by atoms with Gasteiger partial charge in [-0.15, -0.1) is 0 Å². The number of carbonyl (C=O) groups excluding carboxylic acids is 1. The number of alkyl halides is 1. The molecule has 162 valence electrons. The molecule has 4 heterocycles. The number of benzene rings is 1. The van der Waals surface area contributed by atoms with E-state index in [0.717, 1.165) is 40.9 Å². The number of amides is 1. The minimum atomic E-state index is -1.26. The van der Waals surface area contributed by atoms with Crippen LogP contribution in [0.4, 0.5) is 4.39 Å². The lowest BCUT2D eigenvalue weighted by molar-refractivity contribution is -0.143. The number of ether oxygens (including phenoxy) is 1. The van der Waals surface area contributed by atoms with E-state index in [1.807, 2.05) is 24.4 Å². The van der Waals surface area contributed by atoms with Crippen molar-refractivity contribution in [2.45, 2.75) is 50.8 Å². The highest BCUT2D eigenvalue weighted by Gasteiger charge is 2.38. The maximum atomic E-state index is 15.5. The lowest BCUT2D eigenvalue weighted by atomic mass is 9.86. The summed E-state index contributed by atoms with van der Waals surface area (Å²) in [6, 6.07) is 12.3. The largest absolute Gasteiger partial charge is 0.368 e. The fourth-order valence-corrected chi connectivity index (χ4v) is 4.88. The number of carbonyl (C=O) groups is 1. The first kappa shape index (κ1) is 20.2. The molecule has 2 aromatic heterocycles. The van der Waals surface area contributed by atoms with Crippen molar-refractivity contribution in [3.8, 4) is 11.1 Å². The molecule has 1 unspecified atom stereocenters. The predicted octanol–water partition coefficient (Wildman–Crippen LogP) is 4.36. The number of fused-ring (bicyclic) bond motifs is 1. The molecule has 2 aliphatic rings. The number of piperidine rings is 1. The topological polar surface area (TPSA) is 46.8 Å². The minimum Gasteiger partial charge on any atom is -0.368 e. The normalized spacial score (nSPS) is 21.0. The van der Waals surface area contributed by atoms with Gasteiger partial charge in [0, 0.05) is 49.8 Å². The van der Waals surface area contributed by atoms with Gasteiger partial charge in [0.2, 0.25) is 0 Å². The molecule has 1 atom stereocenters. The zero-order valence-electron chi connectivity index (χ0n) is 17.9. The van der Waals surface area contributed by atoms with E-state index >= 15 is 4.39 Å². The zero-order chi connectivity index (χ0) is 21.4. The van der Waals surface area contributed by atoms with E-state index in [2.05, 4.69) is 34.5 Å². The molecule has 2 aliphatic heterocycles. The summed E-state index contributed by atoms with van der Waals surface area (Å²) < 4.78 is 23.1. The van der Waals surface area contributed by atoms with Gasteiger partial charge in [-0.25, -0.2) is 9.37 Å². The number of nitrogens with zero attached hydrogens (tertiary/aromatic N) is 3. The third kappa shape index (κ3) is 3.97. The molecule has 0 aliphatic carbocycles. The quantitative estimate of drug-likeness (QED) is 0.629. The Kier molecular flexibility index (Phi) is 5.26. The molecule has 1 aromatic carbocycles. The minimum absolute atomic E-state index is 0.0362. The molecule has 3 aromatic rings. The molecule has 31 heavy (non-hydrogen) atoms. The number of halogens is 1. The Morgan fingerprint density at radius 2 is 1.97 bits per heavy atom. The maximum absolute atomic E-state index is 15.5. The van der Waals surface area contributed by atoms with Gasteiger partial charge in [0.25, 0.3) is 5.91 Å². The second-order valence-corrected chi connectivity index (χ2v) is 8.84. The lowest BCUT2D eigenvalue weighted by Gasteiger charge is -2.37. The molecule has 2 saturated heterocycles. The van der Waals surface area contributed by atoms with Gasteiger partial charge in [-0.1, -0.05) is 24.3 Å². The number of aryl methyl sites for hydroxylation is 1. The van der Waals surface area contributed by atoms with Crippen molar-refractivity contribution < 1.29 is 13.9 Å². The first-order valence-corrected chi connectivity index (χ1v) is 11.1. The summed E-state index contributed by atoms with van der Waals surface area (Å²) in [6.45, 7) is 3.68. The van der Waals surface area contributed by atoms with Crippen molar-refractivity contribution in [1.82, 2.24) is 14.3 Å². The second kappa shape index (κ2) is 8.08. The van der Waals surface area contributed by atoms with E-state index in [1.54, 1.807) is 11.1 Å². The number of hydrogen-bond donors (Lipinski definition) is 0. The standard InChI is InChI=1S/C25H28FN3O2/c1-18-21(8-9-23-27-12-15-29(18)23)20-6-4-19(5-7-20)17-25(26)10-13-28(14-11-25)24(30)22-3-2-16-31-22/h4-9,12,15,22H,2-3,10-11,13-14,16-17H2,1H3. The van der Waals surface area contributed by atoms with Gasteiger partial charge < -0.3 is 14.0 Å². The number of aromatic nitrogens is 2. The molecule has 5 nitrogen and oxygen atoms in total. The van der Waals surface area contributed by atoms with Crippen molar-refractivity contribution in [3.63, 3.8) is 0 Å². The smallest absolute Gasteiger partial charge is 0.251 e. The molecule has 0 radical (unpaired) electrons. The lowest BCUT2D eigenvalue weighted by Crippen LogP contribution is -2.48. The average Bonchev–Trinajstić information content (AvgIpc) is 3.47. The molecule has 6 heteroatoms. The van der Waals surface area contributed by atoms with Crippen molar-refractivity contribution in [1.29, 1.82) is 0 Å². The molecular weight excluding hydrogens is 393 g/mol. The van der Waals surface area contributed by atoms with E-state index < -0.39 is 5.67 Å². The fourth-order valence-electron chi connectivity index (χ4n) is 4.88. The van der Waals surface area contributed by atoms with Gasteiger partial charge in [0.15, 0.2) is 0 Å². The van der Waals surface area contributed by atoms with Crippen LogP contribution in [0.15, 0.2) is 48.8 Å². The van der Waals surface area contributed by atoms with Crippen LogP contribution in [0.3, 0.4) is 0 Å². The van der Waals surface area contributed by atoms with E-state index in [-0.39, 0.29) is 12.0 Å². The van der Waals surface area contributed by atoms with Crippen molar-refractivity contribution in [2.75, 3.05) is 19.7 Å². The molecule has 0 N–H and O–H groups in total. The zero-order valence-corrected chi connectivity index (χ0v) is 17.9. The van der Waals surface area contributed by atoms with Gasteiger partial charge in [0.05, 0.1) is 0 Å². The fraction of sp³-hybridized carbons (Fsp3) is 0.440. The highest BCUT2D eigenvalue weighted by Crippen LogP contribution is 2.32. The van der Waals surface area contributed by atoms with E-state index in [0.29, 0.717) is 39.0 Å². The van der Waals surface area contributed by atoms with Crippen molar-refractivity contribution in [3.05, 3.63) is 60.0 Å². The molecule has 2 fully saturated rings. The van der Waals surface area contributed by atoms with Crippen LogP contribution in [0.1, 0.15) is 36.9 Å². The number of imidazole rings is 1. The Labute approximate surface area is 181 Å². The van der Waals surface area contributed by atoms with Crippen LogP contribution in [0.5, 0.6) is 0 Å². The monoisotopic (exact) mass is 421 g/mol. The summed E-state index contributed by atoms with van der Waals surface area (Å²) >= 11 is 0. The molecule has 0 bridgehead atoms. The van der Waals surface area contributed by atoms with Crippen molar-refractivity contribution >= 4 is 11.6 Å². The van der Waals surface area contributed by atoms with Crippen LogP contribution in [0.2, 0.25) is 0 Å². The number of hydrogen-bond acceptors (Lipinski definition) is 3. The molecule has 1 amide bonds. The van der Waals surface area contributed by atoms with Crippen molar-refractivity contribution in [2.24, 2.45) is 0 Å². The number of likely N-dealkylation sites (tertiary alicyclic amines) is 1. The summed E-state index contributed by atoms with van der Waals surface area (Å²) in [5.41, 5.74) is 4.05. The summed E-state index contributed by atoms with van der Waals surface area (Å²) in [6.07, 6.45) is 6.31. The third-order valence-corrected chi connectivity index (χ3v) is 6.78. The second-order valence-electron chi connectivity index (χ2n) is 8.84. The highest BCUT2D eigenvalue weighted by molar-refractivity contribution is 5.81. The van der Waals surface area contributed by atoms with Gasteiger partial charge >= 0.3 is 0 Å². The summed E-state index contributed by atoms with van der Waals surface area (Å²) in [4.78, 5) is 18.6. The van der Waals surface area contributed by atoms with Crippen LogP contribution >= 0.6 is 0 Å². The molecule has 0 saturated carbocycles. The average molecular weight is 422 g/mol. The van der Waals surface area contributed by atoms with Gasteiger partial charge in [0.1, 0.15) is 17.4 Å². The Hall–Kier alpha value is -2.73. The molecular formula is C25H28FN3O2. The van der Waals surface area contributed by atoms with E-state index in [9.17, 15) is 4.79 Å². The first-order valence-electron chi connectivity index (χ1n) is 11.1. The predicted molar refractivity (Wildman–Crippen MR) is 118 cm³/mol. The first-order chi connectivity index (χ1) is 15.0. The summed E-state index contributed by atoms with van der Waals surface area (Å²) in [7, 11) is 0. The van der Waals surface area contributed by atoms with Gasteiger partial charge in [-0.2, -0.15) is 0 Å². The summed E-state index contributed by atoms with van der Waals surface area (Å²) in [5, 5.41) is 0. The molecule has 0 spiro atoms. The summed E-state index contributed by atoms with van der Waals surface area (Å²) in [5.74, 6) is 0.0362.